The number of aliphatic carboxylic acids is 1. The molecule has 1 aromatic rings. The lowest BCUT2D eigenvalue weighted by Gasteiger charge is -2.10. The summed E-state index contributed by atoms with van der Waals surface area (Å²) in [6, 6.07) is 1.98. The first-order valence-electron chi connectivity index (χ1n) is 6.34. The largest absolute Gasteiger partial charge is 0.494 e. The molecule has 1 unspecified atom stereocenters. The summed E-state index contributed by atoms with van der Waals surface area (Å²) in [5.74, 6) is -3.49. The van der Waals surface area contributed by atoms with E-state index >= 15 is 0 Å². The Morgan fingerprint density at radius 2 is 2.00 bits per heavy atom. The molecule has 0 aromatic heterocycles. The summed E-state index contributed by atoms with van der Waals surface area (Å²) in [6.07, 6.45) is -0.577. The minimum Gasteiger partial charge on any atom is -0.494 e. The number of ketones is 1. The monoisotopic (exact) mass is 315 g/mol. The fourth-order valence-corrected chi connectivity index (χ4v) is 1.64. The fourth-order valence-electron chi connectivity index (χ4n) is 1.64. The zero-order chi connectivity index (χ0) is 16.7. The van der Waals surface area contributed by atoms with E-state index in [1.54, 1.807) is 0 Å². The van der Waals surface area contributed by atoms with Crippen LogP contribution in [-0.4, -0.2) is 42.6 Å². The first-order valence-corrected chi connectivity index (χ1v) is 6.34. The lowest BCUT2D eigenvalue weighted by Crippen LogP contribution is -2.42. The van der Waals surface area contributed by atoms with Crippen LogP contribution in [0.4, 0.5) is 8.78 Å². The van der Waals surface area contributed by atoms with Crippen molar-refractivity contribution >= 4 is 17.7 Å². The second-order valence-electron chi connectivity index (χ2n) is 4.39. The molecule has 0 aliphatic heterocycles. The number of amides is 1. The molecule has 8 heteroatoms. The molecule has 0 spiro atoms. The van der Waals surface area contributed by atoms with Gasteiger partial charge in [0, 0.05) is 18.4 Å². The Labute approximate surface area is 125 Å². The van der Waals surface area contributed by atoms with Crippen LogP contribution in [0.5, 0.6) is 5.75 Å². The molecule has 0 fully saturated rings. The molecule has 1 rings (SSSR count). The number of Topliss-reactive ketones (excluding diaryl/α,β-unsaturated/α-hetero) is 1. The third-order valence-electron chi connectivity index (χ3n) is 2.84. The first-order chi connectivity index (χ1) is 10.4. The molecule has 0 heterocycles. The summed E-state index contributed by atoms with van der Waals surface area (Å²) < 4.78 is 30.5. The van der Waals surface area contributed by atoms with Gasteiger partial charge in [-0.3, -0.25) is 9.59 Å². The lowest BCUT2D eigenvalue weighted by atomic mass is 10.1. The van der Waals surface area contributed by atoms with Crippen LogP contribution in [0, 0.1) is 5.82 Å². The van der Waals surface area contributed by atoms with E-state index in [9.17, 15) is 23.2 Å². The predicted octanol–water partition coefficient (Wildman–Crippen LogP) is 1.34. The number of halogens is 2. The molecule has 2 N–H and O–H groups in total. The predicted molar refractivity (Wildman–Crippen MR) is 72.1 cm³/mol. The highest BCUT2D eigenvalue weighted by molar-refractivity contribution is 5.98. The van der Waals surface area contributed by atoms with Crippen LogP contribution in [0.3, 0.4) is 0 Å². The van der Waals surface area contributed by atoms with Gasteiger partial charge < -0.3 is 15.2 Å². The van der Waals surface area contributed by atoms with Crippen molar-refractivity contribution in [2.24, 2.45) is 0 Å². The van der Waals surface area contributed by atoms with E-state index in [0.29, 0.717) is 0 Å². The number of carboxylic acid groups (broad SMARTS) is 1. The molecular formula is C14H15F2NO5. The quantitative estimate of drug-likeness (QED) is 0.706. The van der Waals surface area contributed by atoms with Crippen molar-refractivity contribution in [3.8, 4) is 5.75 Å². The Hall–Kier alpha value is -2.51. The van der Waals surface area contributed by atoms with Crippen LogP contribution >= 0.6 is 0 Å². The molecule has 0 saturated heterocycles. The van der Waals surface area contributed by atoms with Gasteiger partial charge in [0.05, 0.1) is 7.11 Å². The Morgan fingerprint density at radius 1 is 1.32 bits per heavy atom. The van der Waals surface area contributed by atoms with Gasteiger partial charge in [0.2, 0.25) is 5.91 Å². The zero-order valence-electron chi connectivity index (χ0n) is 11.8. The van der Waals surface area contributed by atoms with Crippen LogP contribution in [0.2, 0.25) is 0 Å². The average molecular weight is 315 g/mol. The van der Waals surface area contributed by atoms with Gasteiger partial charge in [-0.15, -0.1) is 0 Å². The number of hydrogen-bond acceptors (Lipinski definition) is 4. The second kappa shape index (κ2) is 8.06. The maximum absolute atomic E-state index is 13.5. The van der Waals surface area contributed by atoms with Gasteiger partial charge in [-0.25, -0.2) is 13.6 Å². The Balaban J connectivity index is 2.57. The van der Waals surface area contributed by atoms with E-state index in [4.69, 9.17) is 9.84 Å². The maximum Gasteiger partial charge on any atom is 0.328 e. The minimum atomic E-state index is -1.64. The van der Waals surface area contributed by atoms with E-state index in [0.717, 1.165) is 6.07 Å². The van der Waals surface area contributed by atoms with Gasteiger partial charge >= 0.3 is 5.97 Å². The molecule has 6 nitrogen and oxygen atoms in total. The number of methoxy groups -OCH3 is 1. The minimum absolute atomic E-state index is 0.0125. The number of alkyl halides is 1. The second-order valence-corrected chi connectivity index (χ2v) is 4.39. The number of carboxylic acids is 1. The SMILES string of the molecule is COc1ccc(C(=O)CCC(=O)NC(CF)C(=O)O)cc1F. The van der Waals surface area contributed by atoms with Crippen LogP contribution in [-0.2, 0) is 9.59 Å². The topological polar surface area (TPSA) is 92.7 Å². The molecule has 0 bridgehead atoms. The first kappa shape index (κ1) is 17.5. The number of ether oxygens (including phenoxy) is 1. The van der Waals surface area contributed by atoms with Crippen LogP contribution in [0.15, 0.2) is 18.2 Å². The van der Waals surface area contributed by atoms with Gasteiger partial charge in [0.25, 0.3) is 0 Å². The Morgan fingerprint density at radius 3 is 2.50 bits per heavy atom. The molecule has 22 heavy (non-hydrogen) atoms. The fraction of sp³-hybridized carbons (Fsp3) is 0.357. The molecule has 1 atom stereocenters. The summed E-state index contributed by atoms with van der Waals surface area (Å²) in [5.41, 5.74) is 0.0615. The van der Waals surface area contributed by atoms with E-state index in [1.807, 2.05) is 5.32 Å². The number of carbonyl (C=O) groups excluding carboxylic acids is 2. The highest BCUT2D eigenvalue weighted by Crippen LogP contribution is 2.18. The molecular weight excluding hydrogens is 300 g/mol. The van der Waals surface area contributed by atoms with Crippen molar-refractivity contribution < 1.29 is 33.0 Å². The van der Waals surface area contributed by atoms with Crippen molar-refractivity contribution in [3.05, 3.63) is 29.6 Å². The van der Waals surface area contributed by atoms with Crippen LogP contribution < -0.4 is 10.1 Å². The molecule has 0 saturated carbocycles. The highest BCUT2D eigenvalue weighted by atomic mass is 19.1. The average Bonchev–Trinajstić information content (AvgIpc) is 2.49. The molecule has 1 amide bonds. The number of rotatable bonds is 8. The number of carbonyl (C=O) groups is 3. The Bertz CT molecular complexity index is 576. The molecule has 120 valence electrons. The smallest absolute Gasteiger partial charge is 0.328 e. The third kappa shape index (κ3) is 4.80. The van der Waals surface area contributed by atoms with Gasteiger partial charge in [-0.05, 0) is 18.2 Å². The summed E-state index contributed by atoms with van der Waals surface area (Å²) in [5, 5.41) is 10.5. The highest BCUT2D eigenvalue weighted by Gasteiger charge is 2.20. The van der Waals surface area contributed by atoms with Crippen molar-refractivity contribution in [2.45, 2.75) is 18.9 Å². The Kier molecular flexibility index (Phi) is 6.43. The van der Waals surface area contributed by atoms with E-state index in [1.165, 1.54) is 19.2 Å². The summed E-state index contributed by atoms with van der Waals surface area (Å²) in [6.45, 7) is -1.25. The lowest BCUT2D eigenvalue weighted by molar-refractivity contribution is -0.142. The number of benzene rings is 1. The van der Waals surface area contributed by atoms with Gasteiger partial charge in [-0.2, -0.15) is 0 Å². The molecule has 0 aliphatic carbocycles. The molecule has 0 radical (unpaired) electrons. The summed E-state index contributed by atoms with van der Waals surface area (Å²) >= 11 is 0. The van der Waals surface area contributed by atoms with Crippen molar-refractivity contribution in [3.63, 3.8) is 0 Å². The van der Waals surface area contributed by atoms with Gasteiger partial charge in [0.1, 0.15) is 6.67 Å². The van der Waals surface area contributed by atoms with E-state index in [-0.39, 0.29) is 24.2 Å². The summed E-state index contributed by atoms with van der Waals surface area (Å²) in [4.78, 5) is 33.8. The molecule has 1 aromatic carbocycles. The van der Waals surface area contributed by atoms with Gasteiger partial charge in [-0.1, -0.05) is 0 Å². The summed E-state index contributed by atoms with van der Waals surface area (Å²) in [7, 11) is 1.29. The number of nitrogens with one attached hydrogen (secondary N) is 1. The van der Waals surface area contributed by atoms with Crippen molar-refractivity contribution in [1.29, 1.82) is 0 Å². The normalized spacial score (nSPS) is 11.6. The zero-order valence-corrected chi connectivity index (χ0v) is 11.8. The molecule has 0 aliphatic rings. The third-order valence-corrected chi connectivity index (χ3v) is 2.84. The van der Waals surface area contributed by atoms with Crippen molar-refractivity contribution in [2.75, 3.05) is 13.8 Å². The van der Waals surface area contributed by atoms with Crippen LogP contribution in [0.1, 0.15) is 23.2 Å². The van der Waals surface area contributed by atoms with Gasteiger partial charge in [0.15, 0.2) is 23.4 Å². The maximum atomic E-state index is 13.5. The van der Waals surface area contributed by atoms with E-state index < -0.39 is 36.2 Å². The van der Waals surface area contributed by atoms with E-state index in [2.05, 4.69) is 0 Å². The number of hydrogen-bond donors (Lipinski definition) is 2. The van der Waals surface area contributed by atoms with Crippen LogP contribution in [0.25, 0.3) is 0 Å². The standard InChI is InChI=1S/C14H15F2NO5/c1-22-12-4-2-8(6-9(12)16)11(18)3-5-13(19)17-10(7-15)14(20)21/h2,4,6,10H,3,5,7H2,1H3,(H,17,19)(H,20,21). The van der Waals surface area contributed by atoms with Crippen molar-refractivity contribution in [1.82, 2.24) is 5.32 Å².